The van der Waals surface area contributed by atoms with Crippen LogP contribution in [0.25, 0.3) is 6.08 Å². The van der Waals surface area contributed by atoms with E-state index in [0.29, 0.717) is 10.6 Å². The normalized spacial score (nSPS) is 10.6. The molecule has 3 aromatic rings. The molecule has 1 N–H and O–H groups in total. The molecule has 1 aromatic heterocycles. The van der Waals surface area contributed by atoms with E-state index in [-0.39, 0.29) is 18.3 Å². The Morgan fingerprint density at radius 1 is 0.962 bits per heavy atom. The summed E-state index contributed by atoms with van der Waals surface area (Å²) in [4.78, 5) is 24.5. The zero-order valence-electron chi connectivity index (χ0n) is 13.9. The SMILES string of the molecule is O=C(COc1ccc(C=CC(=O)c2cccs2)cc1)Nc1ccccc1. The molecule has 0 radical (unpaired) electrons. The lowest BCUT2D eigenvalue weighted by molar-refractivity contribution is -0.118. The highest BCUT2D eigenvalue weighted by Gasteiger charge is 2.04. The predicted molar refractivity (Wildman–Crippen MR) is 105 cm³/mol. The molecule has 0 fully saturated rings. The Bertz CT molecular complexity index is 885. The lowest BCUT2D eigenvalue weighted by Gasteiger charge is -2.07. The summed E-state index contributed by atoms with van der Waals surface area (Å²) in [6, 6.07) is 20.1. The van der Waals surface area contributed by atoms with Crippen LogP contribution < -0.4 is 10.1 Å². The van der Waals surface area contributed by atoms with Crippen molar-refractivity contribution < 1.29 is 14.3 Å². The Labute approximate surface area is 155 Å². The van der Waals surface area contributed by atoms with E-state index in [1.165, 1.54) is 11.3 Å². The largest absolute Gasteiger partial charge is 0.484 e. The highest BCUT2D eigenvalue weighted by Crippen LogP contribution is 2.15. The van der Waals surface area contributed by atoms with Gasteiger partial charge >= 0.3 is 0 Å². The van der Waals surface area contributed by atoms with E-state index >= 15 is 0 Å². The maximum absolute atomic E-state index is 11.9. The lowest BCUT2D eigenvalue weighted by Crippen LogP contribution is -2.20. The third-order valence-corrected chi connectivity index (χ3v) is 4.38. The van der Waals surface area contributed by atoms with Crippen LogP contribution in [0.2, 0.25) is 0 Å². The van der Waals surface area contributed by atoms with Gasteiger partial charge in [-0.2, -0.15) is 0 Å². The van der Waals surface area contributed by atoms with E-state index in [9.17, 15) is 9.59 Å². The quantitative estimate of drug-likeness (QED) is 0.490. The molecule has 1 heterocycles. The molecule has 0 atom stereocenters. The molecular weight excluding hydrogens is 346 g/mol. The van der Waals surface area contributed by atoms with Gasteiger partial charge in [0.15, 0.2) is 12.4 Å². The van der Waals surface area contributed by atoms with Crippen molar-refractivity contribution in [2.75, 3.05) is 11.9 Å². The molecule has 3 rings (SSSR count). The van der Waals surface area contributed by atoms with Crippen LogP contribution in [0, 0.1) is 0 Å². The zero-order valence-corrected chi connectivity index (χ0v) is 14.7. The number of nitrogens with one attached hydrogen (secondary N) is 1. The average Bonchev–Trinajstić information content (AvgIpc) is 3.21. The number of hydrogen-bond acceptors (Lipinski definition) is 4. The fourth-order valence-corrected chi connectivity index (χ4v) is 2.86. The van der Waals surface area contributed by atoms with Crippen LogP contribution in [0.4, 0.5) is 5.69 Å². The number of hydrogen-bond donors (Lipinski definition) is 1. The summed E-state index contributed by atoms with van der Waals surface area (Å²) in [5.41, 5.74) is 1.62. The van der Waals surface area contributed by atoms with Crippen LogP contribution in [-0.2, 0) is 4.79 Å². The molecule has 0 aliphatic carbocycles. The van der Waals surface area contributed by atoms with Crippen LogP contribution >= 0.6 is 11.3 Å². The van der Waals surface area contributed by atoms with Crippen molar-refractivity contribution in [3.63, 3.8) is 0 Å². The molecule has 0 bridgehead atoms. The van der Waals surface area contributed by atoms with Gasteiger partial charge in [-0.15, -0.1) is 11.3 Å². The second kappa shape index (κ2) is 8.78. The Hall–Kier alpha value is -3.18. The average molecular weight is 363 g/mol. The van der Waals surface area contributed by atoms with Crippen molar-refractivity contribution in [1.82, 2.24) is 0 Å². The van der Waals surface area contributed by atoms with Gasteiger partial charge in [0.05, 0.1) is 4.88 Å². The second-order valence-corrected chi connectivity index (χ2v) is 6.39. The minimum Gasteiger partial charge on any atom is -0.484 e. The first-order valence-corrected chi connectivity index (χ1v) is 8.92. The van der Waals surface area contributed by atoms with E-state index < -0.39 is 0 Å². The zero-order chi connectivity index (χ0) is 18.2. The summed E-state index contributed by atoms with van der Waals surface area (Å²) in [7, 11) is 0. The molecule has 5 heteroatoms. The first-order valence-electron chi connectivity index (χ1n) is 8.04. The van der Waals surface area contributed by atoms with Gasteiger partial charge in [-0.1, -0.05) is 42.5 Å². The van der Waals surface area contributed by atoms with Gasteiger partial charge in [0.25, 0.3) is 5.91 Å². The lowest BCUT2D eigenvalue weighted by atomic mass is 10.2. The van der Waals surface area contributed by atoms with Gasteiger partial charge in [-0.05, 0) is 47.4 Å². The van der Waals surface area contributed by atoms with Gasteiger partial charge in [-0.25, -0.2) is 0 Å². The summed E-state index contributed by atoms with van der Waals surface area (Å²) >= 11 is 1.42. The number of thiophene rings is 1. The number of carbonyl (C=O) groups excluding carboxylic acids is 2. The van der Waals surface area contributed by atoms with Crippen molar-refractivity contribution in [3.8, 4) is 5.75 Å². The molecule has 0 aliphatic rings. The fraction of sp³-hybridized carbons (Fsp3) is 0.0476. The number of rotatable bonds is 7. The molecule has 1 amide bonds. The molecule has 26 heavy (non-hydrogen) atoms. The van der Waals surface area contributed by atoms with Crippen molar-refractivity contribution in [2.45, 2.75) is 0 Å². The molecule has 0 saturated carbocycles. The van der Waals surface area contributed by atoms with E-state index in [1.54, 1.807) is 30.4 Å². The summed E-state index contributed by atoms with van der Waals surface area (Å²) < 4.78 is 5.48. The van der Waals surface area contributed by atoms with Crippen molar-refractivity contribution in [3.05, 3.63) is 88.6 Å². The molecule has 0 unspecified atom stereocenters. The predicted octanol–water partition coefficient (Wildman–Crippen LogP) is 4.66. The third-order valence-electron chi connectivity index (χ3n) is 3.50. The van der Waals surface area contributed by atoms with E-state index in [2.05, 4.69) is 5.32 Å². The van der Waals surface area contributed by atoms with Gasteiger partial charge in [0, 0.05) is 5.69 Å². The van der Waals surface area contributed by atoms with Crippen LogP contribution in [0.1, 0.15) is 15.2 Å². The minimum absolute atomic E-state index is 0.0158. The third kappa shape index (κ3) is 5.16. The molecule has 2 aromatic carbocycles. The number of amides is 1. The molecule has 0 aliphatic heterocycles. The Kier molecular flexibility index (Phi) is 5.96. The summed E-state index contributed by atoms with van der Waals surface area (Å²) in [5, 5.41) is 4.63. The van der Waals surface area contributed by atoms with Crippen LogP contribution in [0.15, 0.2) is 78.2 Å². The molecule has 0 saturated heterocycles. The van der Waals surface area contributed by atoms with E-state index in [4.69, 9.17) is 4.74 Å². The summed E-state index contributed by atoms with van der Waals surface area (Å²) in [6.45, 7) is -0.0685. The van der Waals surface area contributed by atoms with Crippen molar-refractivity contribution >= 4 is 34.8 Å². The van der Waals surface area contributed by atoms with Crippen LogP contribution in [0.5, 0.6) is 5.75 Å². The molecule has 4 nitrogen and oxygen atoms in total. The van der Waals surface area contributed by atoms with Crippen LogP contribution in [0.3, 0.4) is 0 Å². The Morgan fingerprint density at radius 2 is 1.73 bits per heavy atom. The summed E-state index contributed by atoms with van der Waals surface area (Å²) in [6.07, 6.45) is 3.31. The van der Waals surface area contributed by atoms with Gasteiger partial charge in [0.2, 0.25) is 0 Å². The van der Waals surface area contributed by atoms with Gasteiger partial charge in [0.1, 0.15) is 5.75 Å². The van der Waals surface area contributed by atoms with Crippen molar-refractivity contribution in [1.29, 1.82) is 0 Å². The first kappa shape index (κ1) is 17.6. The number of carbonyl (C=O) groups is 2. The Morgan fingerprint density at radius 3 is 2.42 bits per heavy atom. The number of allylic oxidation sites excluding steroid dienone is 1. The smallest absolute Gasteiger partial charge is 0.262 e. The first-order chi connectivity index (χ1) is 12.7. The maximum Gasteiger partial charge on any atom is 0.262 e. The number of para-hydroxylation sites is 1. The summed E-state index contributed by atoms with van der Waals surface area (Å²) in [5.74, 6) is 0.356. The number of ketones is 1. The molecular formula is C21H17NO3S. The monoisotopic (exact) mass is 363 g/mol. The van der Waals surface area contributed by atoms with E-state index in [0.717, 1.165) is 11.3 Å². The second-order valence-electron chi connectivity index (χ2n) is 5.45. The van der Waals surface area contributed by atoms with Crippen molar-refractivity contribution in [2.24, 2.45) is 0 Å². The topological polar surface area (TPSA) is 55.4 Å². The Balaban J connectivity index is 1.50. The highest BCUT2D eigenvalue weighted by atomic mass is 32.1. The van der Waals surface area contributed by atoms with Gasteiger partial charge in [-0.3, -0.25) is 9.59 Å². The highest BCUT2D eigenvalue weighted by molar-refractivity contribution is 7.12. The maximum atomic E-state index is 11.9. The fourth-order valence-electron chi connectivity index (χ4n) is 2.22. The van der Waals surface area contributed by atoms with Crippen LogP contribution in [-0.4, -0.2) is 18.3 Å². The number of anilines is 1. The van der Waals surface area contributed by atoms with E-state index in [1.807, 2.05) is 53.9 Å². The minimum atomic E-state index is -0.221. The number of ether oxygens (including phenoxy) is 1. The number of benzene rings is 2. The van der Waals surface area contributed by atoms with Gasteiger partial charge < -0.3 is 10.1 Å². The standard InChI is InChI=1S/C21H17NO3S/c23-19(20-7-4-14-26-20)13-10-16-8-11-18(12-9-16)25-15-21(24)22-17-5-2-1-3-6-17/h1-14H,15H2,(H,22,24). The molecule has 0 spiro atoms. The molecule has 130 valence electrons.